The number of likely N-dealkylation sites (tertiary alicyclic amines) is 1. The first kappa shape index (κ1) is 19.1. The Bertz CT molecular complexity index is 1100. The molecule has 1 aromatic heterocycles. The van der Waals surface area contributed by atoms with E-state index >= 15 is 0 Å². The van der Waals surface area contributed by atoms with Crippen molar-refractivity contribution in [3.8, 4) is 6.07 Å². The topological polar surface area (TPSA) is 95.2 Å². The Hall–Kier alpha value is -3.28. The Morgan fingerprint density at radius 3 is 2.59 bits per heavy atom. The summed E-state index contributed by atoms with van der Waals surface area (Å²) >= 11 is 0. The Balaban J connectivity index is 1.56. The molecular formula is C20H18F2N4O3. The standard InChI is InChI=1S/C20H18F2N4O3/c21-20(22)7-13(8-23)26(11-20)17(27)9-24-18(28)16-10-25(12-5-6-12)19(29)15-4-2-1-3-14(15)16/h1-4,10,12-13H,5-7,9,11H2,(H,24,28). The van der Waals surface area contributed by atoms with E-state index in [-0.39, 0.29) is 17.2 Å². The van der Waals surface area contributed by atoms with Crippen molar-refractivity contribution in [2.24, 2.45) is 0 Å². The number of carbonyl (C=O) groups is 2. The molecule has 150 valence electrons. The van der Waals surface area contributed by atoms with Gasteiger partial charge in [-0.3, -0.25) is 14.4 Å². The second-order valence-electron chi connectivity index (χ2n) is 7.44. The molecule has 2 heterocycles. The molecule has 7 nitrogen and oxygen atoms in total. The summed E-state index contributed by atoms with van der Waals surface area (Å²) in [7, 11) is 0. The van der Waals surface area contributed by atoms with Crippen LogP contribution in [0, 0.1) is 11.3 Å². The normalized spacial score (nSPS) is 20.4. The van der Waals surface area contributed by atoms with Gasteiger partial charge in [-0.1, -0.05) is 18.2 Å². The molecule has 2 fully saturated rings. The molecule has 1 aliphatic carbocycles. The largest absolute Gasteiger partial charge is 0.343 e. The highest BCUT2D eigenvalue weighted by Crippen LogP contribution is 2.34. The van der Waals surface area contributed by atoms with Crippen molar-refractivity contribution in [3.05, 3.63) is 46.4 Å². The highest BCUT2D eigenvalue weighted by atomic mass is 19.3. The van der Waals surface area contributed by atoms with Crippen LogP contribution in [0.25, 0.3) is 10.8 Å². The van der Waals surface area contributed by atoms with Crippen molar-refractivity contribution < 1.29 is 18.4 Å². The molecule has 1 saturated heterocycles. The van der Waals surface area contributed by atoms with Crippen LogP contribution in [0.2, 0.25) is 0 Å². The van der Waals surface area contributed by atoms with Crippen molar-refractivity contribution in [1.29, 1.82) is 5.26 Å². The first-order chi connectivity index (χ1) is 13.8. The minimum atomic E-state index is -3.12. The van der Waals surface area contributed by atoms with Crippen molar-refractivity contribution >= 4 is 22.6 Å². The number of hydrogen-bond acceptors (Lipinski definition) is 4. The zero-order valence-corrected chi connectivity index (χ0v) is 15.4. The van der Waals surface area contributed by atoms with E-state index in [2.05, 4.69) is 5.32 Å². The van der Waals surface area contributed by atoms with Crippen molar-refractivity contribution in [1.82, 2.24) is 14.8 Å². The van der Waals surface area contributed by atoms with Crippen molar-refractivity contribution in [2.45, 2.75) is 37.3 Å². The Kier molecular flexibility index (Phi) is 4.57. The molecule has 0 spiro atoms. The van der Waals surface area contributed by atoms with Crippen LogP contribution < -0.4 is 10.9 Å². The third-order valence-electron chi connectivity index (χ3n) is 5.27. The average molecular weight is 400 g/mol. The van der Waals surface area contributed by atoms with E-state index in [1.165, 1.54) is 10.8 Å². The van der Waals surface area contributed by atoms with Gasteiger partial charge in [-0.2, -0.15) is 5.26 Å². The SMILES string of the molecule is N#CC1CC(F)(F)CN1C(=O)CNC(=O)c1cn(C2CC2)c(=O)c2ccccc12. The van der Waals surface area contributed by atoms with Crippen LogP contribution in [0.4, 0.5) is 8.78 Å². The Morgan fingerprint density at radius 1 is 1.24 bits per heavy atom. The number of fused-ring (bicyclic) bond motifs is 1. The smallest absolute Gasteiger partial charge is 0.268 e. The van der Waals surface area contributed by atoms with Crippen LogP contribution in [-0.2, 0) is 4.79 Å². The highest BCUT2D eigenvalue weighted by Gasteiger charge is 2.47. The molecule has 1 aromatic carbocycles. The lowest BCUT2D eigenvalue weighted by Gasteiger charge is -2.19. The lowest BCUT2D eigenvalue weighted by molar-refractivity contribution is -0.131. The maximum Gasteiger partial charge on any atom is 0.268 e. The Morgan fingerprint density at radius 2 is 1.93 bits per heavy atom. The van der Waals surface area contributed by atoms with Gasteiger partial charge < -0.3 is 14.8 Å². The molecule has 1 N–H and O–H groups in total. The predicted molar refractivity (Wildman–Crippen MR) is 99.5 cm³/mol. The number of rotatable bonds is 4. The molecule has 2 aliphatic rings. The van der Waals surface area contributed by atoms with Gasteiger partial charge in [-0.05, 0) is 18.9 Å². The van der Waals surface area contributed by atoms with Gasteiger partial charge in [0.1, 0.15) is 6.04 Å². The van der Waals surface area contributed by atoms with E-state index in [4.69, 9.17) is 5.26 Å². The average Bonchev–Trinajstić information content (AvgIpc) is 3.49. The first-order valence-electron chi connectivity index (χ1n) is 9.30. The van der Waals surface area contributed by atoms with E-state index in [9.17, 15) is 23.2 Å². The fraction of sp³-hybridized carbons (Fsp3) is 0.400. The van der Waals surface area contributed by atoms with Gasteiger partial charge in [0.05, 0.1) is 24.7 Å². The Labute approximate surface area is 164 Å². The second kappa shape index (κ2) is 6.95. The molecule has 1 aliphatic heterocycles. The van der Waals surface area contributed by atoms with Crippen LogP contribution in [0.5, 0.6) is 0 Å². The number of nitrogens with one attached hydrogen (secondary N) is 1. The predicted octanol–water partition coefficient (Wildman–Crippen LogP) is 1.83. The van der Waals surface area contributed by atoms with Gasteiger partial charge in [0.25, 0.3) is 17.4 Å². The van der Waals surface area contributed by atoms with E-state index in [1.54, 1.807) is 30.3 Å². The molecular weight excluding hydrogens is 382 g/mol. The number of alkyl halides is 2. The van der Waals surface area contributed by atoms with E-state index < -0.39 is 43.3 Å². The molecule has 2 aromatic rings. The van der Waals surface area contributed by atoms with Crippen molar-refractivity contribution in [2.75, 3.05) is 13.1 Å². The molecule has 2 amide bonds. The van der Waals surface area contributed by atoms with E-state index in [0.717, 1.165) is 17.7 Å². The summed E-state index contributed by atoms with van der Waals surface area (Å²) in [6.07, 6.45) is 2.50. The van der Waals surface area contributed by atoms with Gasteiger partial charge in [0, 0.05) is 29.4 Å². The second-order valence-corrected chi connectivity index (χ2v) is 7.44. The fourth-order valence-corrected chi connectivity index (χ4v) is 3.66. The number of pyridine rings is 1. The molecule has 1 atom stereocenters. The minimum Gasteiger partial charge on any atom is -0.343 e. The lowest BCUT2D eigenvalue weighted by Crippen LogP contribution is -2.43. The minimum absolute atomic E-state index is 0.0588. The molecule has 9 heteroatoms. The third-order valence-corrected chi connectivity index (χ3v) is 5.27. The number of aromatic nitrogens is 1. The van der Waals surface area contributed by atoms with Gasteiger partial charge in [-0.15, -0.1) is 0 Å². The molecule has 0 radical (unpaired) electrons. The van der Waals surface area contributed by atoms with Gasteiger partial charge >= 0.3 is 0 Å². The zero-order chi connectivity index (χ0) is 20.8. The molecule has 1 saturated carbocycles. The van der Waals surface area contributed by atoms with E-state index in [1.807, 2.05) is 0 Å². The van der Waals surface area contributed by atoms with Crippen LogP contribution >= 0.6 is 0 Å². The van der Waals surface area contributed by atoms with E-state index in [0.29, 0.717) is 10.8 Å². The molecule has 4 rings (SSSR count). The highest BCUT2D eigenvalue weighted by molar-refractivity contribution is 6.07. The summed E-state index contributed by atoms with van der Waals surface area (Å²) in [5.74, 6) is -4.44. The number of amides is 2. The quantitative estimate of drug-likeness (QED) is 0.847. The van der Waals surface area contributed by atoms with Crippen LogP contribution in [0.1, 0.15) is 35.7 Å². The molecule has 0 bridgehead atoms. The number of hydrogen-bond donors (Lipinski definition) is 1. The third kappa shape index (κ3) is 3.58. The monoisotopic (exact) mass is 400 g/mol. The van der Waals surface area contributed by atoms with Gasteiger partial charge in [0.15, 0.2) is 0 Å². The van der Waals surface area contributed by atoms with Crippen LogP contribution in [0.15, 0.2) is 35.3 Å². The van der Waals surface area contributed by atoms with Crippen molar-refractivity contribution in [3.63, 3.8) is 0 Å². The lowest BCUT2D eigenvalue weighted by atomic mass is 10.1. The van der Waals surface area contributed by atoms with Gasteiger partial charge in [0.2, 0.25) is 5.91 Å². The van der Waals surface area contributed by atoms with Crippen LogP contribution in [-0.4, -0.2) is 46.3 Å². The molecule has 1 unspecified atom stereocenters. The maximum absolute atomic E-state index is 13.5. The summed E-state index contributed by atoms with van der Waals surface area (Å²) in [6, 6.07) is 7.25. The summed E-state index contributed by atoms with van der Waals surface area (Å²) < 4.78 is 28.6. The number of halogens is 2. The maximum atomic E-state index is 13.5. The van der Waals surface area contributed by atoms with Gasteiger partial charge in [-0.25, -0.2) is 8.78 Å². The summed E-state index contributed by atoms with van der Waals surface area (Å²) in [5.41, 5.74) is 0.0652. The fourth-order valence-electron chi connectivity index (χ4n) is 3.66. The number of nitrogens with zero attached hydrogens (tertiary/aromatic N) is 3. The number of nitriles is 1. The summed E-state index contributed by atoms with van der Waals surface area (Å²) in [5, 5.41) is 12.3. The molecule has 29 heavy (non-hydrogen) atoms. The van der Waals surface area contributed by atoms with Crippen LogP contribution in [0.3, 0.4) is 0 Å². The number of benzene rings is 1. The summed E-state index contributed by atoms with van der Waals surface area (Å²) in [4.78, 5) is 38.5. The zero-order valence-electron chi connectivity index (χ0n) is 15.4. The summed E-state index contributed by atoms with van der Waals surface area (Å²) in [6.45, 7) is -1.35. The number of carbonyl (C=O) groups excluding carboxylic acids is 2. The first-order valence-corrected chi connectivity index (χ1v) is 9.30.